The van der Waals surface area contributed by atoms with Crippen molar-refractivity contribution in [3.8, 4) is 0 Å². The first-order valence-corrected chi connectivity index (χ1v) is 24.8. The number of β-lactam (4-membered cyclic amide) rings is 1. The molecule has 0 aliphatic carbocycles. The quantitative estimate of drug-likeness (QED) is 0.0373. The number of halogens is 3. The van der Waals surface area contributed by atoms with Gasteiger partial charge < -0.3 is 20.6 Å². The number of allylic oxidation sites excluding steroid dienone is 1. The van der Waals surface area contributed by atoms with E-state index in [4.69, 9.17) is 4.84 Å². The Labute approximate surface area is 426 Å². The number of amides is 2. The second kappa shape index (κ2) is 20.4. The molecule has 2 aromatic heterocycles. The van der Waals surface area contributed by atoms with Crippen LogP contribution in [0.2, 0.25) is 0 Å². The number of alkyl halides is 3. The normalized spacial score (nSPS) is 16.0. The first kappa shape index (κ1) is 48.3. The lowest BCUT2D eigenvalue weighted by Gasteiger charge is -2.50. The number of oxime groups is 1. The Morgan fingerprint density at radius 1 is 0.685 bits per heavy atom. The lowest BCUT2D eigenvalue weighted by atomic mass is 9.77. The molecule has 2 unspecified atom stereocenters. The van der Waals surface area contributed by atoms with Gasteiger partial charge >= 0.3 is 12.1 Å². The zero-order valence-corrected chi connectivity index (χ0v) is 40.2. The van der Waals surface area contributed by atoms with Crippen LogP contribution in [0.1, 0.15) is 56.8 Å². The molecule has 6 aromatic carbocycles. The van der Waals surface area contributed by atoms with Crippen LogP contribution >= 0.6 is 23.1 Å². The monoisotopic (exact) mass is 1010 g/mol. The SMILES string of the molecule is O=C(O)C1=C(Sc2ccncc2)CCC2C(NC(=O)C(=NOC(c3ccccc3)(c3ccccc3)c3ccccc3)c3nc(NC(c4ccccc4)(c4ccccc4)c4ccccc4)sc3C(F)(F)F)C(=O)N12. The number of aliphatic carboxylic acids is 1. The molecular weight excluding hydrogens is 970 g/mol. The molecule has 2 amide bonds. The third-order valence-electron chi connectivity index (χ3n) is 12.8. The Balaban J connectivity index is 1.13. The number of aromatic nitrogens is 2. The van der Waals surface area contributed by atoms with Gasteiger partial charge in [-0.15, -0.1) is 0 Å². The van der Waals surface area contributed by atoms with Crippen molar-refractivity contribution in [2.24, 2.45) is 5.16 Å². The Morgan fingerprint density at radius 2 is 1.14 bits per heavy atom. The highest BCUT2D eigenvalue weighted by atomic mass is 32.2. The Morgan fingerprint density at radius 3 is 1.58 bits per heavy atom. The molecule has 11 nitrogen and oxygen atoms in total. The van der Waals surface area contributed by atoms with Gasteiger partial charge in [-0.1, -0.05) is 210 Å². The summed E-state index contributed by atoms with van der Waals surface area (Å²) in [5, 5.41) is 20.8. The van der Waals surface area contributed by atoms with Crippen molar-refractivity contribution in [1.29, 1.82) is 0 Å². The number of pyridine rings is 1. The summed E-state index contributed by atoms with van der Waals surface area (Å²) >= 11 is 1.48. The number of thioether (sulfide) groups is 1. The lowest BCUT2D eigenvalue weighted by molar-refractivity contribution is -0.155. The van der Waals surface area contributed by atoms with E-state index in [9.17, 15) is 14.7 Å². The maximum absolute atomic E-state index is 15.9. The van der Waals surface area contributed by atoms with Crippen LogP contribution in [-0.2, 0) is 36.5 Å². The van der Waals surface area contributed by atoms with Gasteiger partial charge in [0.25, 0.3) is 11.8 Å². The summed E-state index contributed by atoms with van der Waals surface area (Å²) in [5.41, 5.74) is -1.31. The molecule has 0 bridgehead atoms. The molecule has 2 aliphatic rings. The van der Waals surface area contributed by atoms with Crippen LogP contribution in [0.5, 0.6) is 0 Å². The Hall–Kier alpha value is -8.34. The van der Waals surface area contributed by atoms with Gasteiger partial charge in [-0.25, -0.2) is 9.78 Å². The highest BCUT2D eigenvalue weighted by molar-refractivity contribution is 8.03. The van der Waals surface area contributed by atoms with Gasteiger partial charge in [0.1, 0.15) is 27.8 Å². The van der Waals surface area contributed by atoms with Crippen molar-refractivity contribution < 1.29 is 37.5 Å². The van der Waals surface area contributed by atoms with E-state index in [1.807, 2.05) is 109 Å². The predicted octanol–water partition coefficient (Wildman–Crippen LogP) is 11.3. The number of nitrogens with zero attached hydrogens (tertiary/aromatic N) is 4. The maximum Gasteiger partial charge on any atom is 0.427 e. The molecule has 1 saturated heterocycles. The number of thiazole rings is 1. The minimum Gasteiger partial charge on any atom is -0.477 e. The van der Waals surface area contributed by atoms with Crippen molar-refractivity contribution in [2.75, 3.05) is 5.32 Å². The number of carbonyl (C=O) groups excluding carboxylic acids is 2. The lowest BCUT2D eigenvalue weighted by Crippen LogP contribution is -2.72. The standard InChI is InChI=1S/C57H43F3N6O5S2/c58-57(59,60)50-47(63-54(73-50)64-55(37-19-7-1-8-20-37,38-21-9-2-10-22-38)39-23-11-3-12-24-39)48(65-71-56(40-25-13-4-14-26-40,41-27-15-5-16-28-41)42-29-17-6-18-30-42)51(67)62-46-44-31-32-45(72-43-33-35-61-36-34-43)49(53(69)70)66(44)52(46)68/h1-30,33-36,44,46H,31-32H2,(H,62,67)(H,63,64)(H,69,70). The van der Waals surface area contributed by atoms with Gasteiger partial charge in [-0.05, 0) is 41.7 Å². The number of anilines is 1. The van der Waals surface area contributed by atoms with Crippen LogP contribution in [0.25, 0.3) is 0 Å². The van der Waals surface area contributed by atoms with E-state index >= 15 is 18.0 Å². The maximum atomic E-state index is 15.9. The first-order chi connectivity index (χ1) is 35.5. The van der Waals surface area contributed by atoms with Crippen LogP contribution in [0.3, 0.4) is 0 Å². The number of nitrogens with one attached hydrogen (secondary N) is 2. The third kappa shape index (κ3) is 9.26. The molecule has 73 heavy (non-hydrogen) atoms. The smallest absolute Gasteiger partial charge is 0.427 e. The molecule has 4 heterocycles. The molecule has 8 aromatic rings. The number of rotatable bonds is 16. The van der Waals surface area contributed by atoms with Gasteiger partial charge in [-0.3, -0.25) is 19.5 Å². The topological polar surface area (TPSA) is 146 Å². The van der Waals surface area contributed by atoms with Crippen molar-refractivity contribution in [1.82, 2.24) is 20.2 Å². The summed E-state index contributed by atoms with van der Waals surface area (Å²) in [5.74, 6) is -3.31. The van der Waals surface area contributed by atoms with E-state index in [0.717, 1.165) is 4.90 Å². The van der Waals surface area contributed by atoms with E-state index in [0.29, 0.717) is 54.5 Å². The van der Waals surface area contributed by atoms with E-state index in [2.05, 4.69) is 25.8 Å². The number of hydrogen-bond acceptors (Lipinski definition) is 10. The van der Waals surface area contributed by atoms with Gasteiger partial charge in [0.2, 0.25) is 5.60 Å². The molecule has 0 radical (unpaired) electrons. The number of benzene rings is 6. The van der Waals surface area contributed by atoms with Crippen LogP contribution in [0, 0.1) is 0 Å². The Bertz CT molecular complexity index is 3120. The molecule has 3 N–H and O–H groups in total. The average molecular weight is 1010 g/mol. The Kier molecular flexibility index (Phi) is 13.5. The zero-order valence-electron chi connectivity index (χ0n) is 38.5. The van der Waals surface area contributed by atoms with Crippen LogP contribution in [0.4, 0.5) is 18.3 Å². The predicted molar refractivity (Wildman–Crippen MR) is 273 cm³/mol. The van der Waals surface area contributed by atoms with E-state index in [-0.39, 0.29) is 23.7 Å². The van der Waals surface area contributed by atoms with Crippen LogP contribution in [-0.4, -0.2) is 55.6 Å². The summed E-state index contributed by atoms with van der Waals surface area (Å²) in [6.07, 6.45) is -1.49. The van der Waals surface area contributed by atoms with Gasteiger partial charge in [-0.2, -0.15) is 13.2 Å². The number of carboxylic acid groups (broad SMARTS) is 1. The molecule has 16 heteroatoms. The van der Waals surface area contributed by atoms with E-state index in [1.54, 1.807) is 97.3 Å². The highest BCUT2D eigenvalue weighted by Crippen LogP contribution is 2.47. The summed E-state index contributed by atoms with van der Waals surface area (Å²) < 4.78 is 47.6. The van der Waals surface area contributed by atoms with Gasteiger partial charge in [0.15, 0.2) is 10.8 Å². The summed E-state index contributed by atoms with van der Waals surface area (Å²) in [4.78, 5) is 58.6. The van der Waals surface area contributed by atoms with Gasteiger partial charge in [0, 0.05) is 38.9 Å². The van der Waals surface area contributed by atoms with E-state index in [1.165, 1.54) is 11.8 Å². The van der Waals surface area contributed by atoms with E-state index < -0.39 is 63.5 Å². The van der Waals surface area contributed by atoms with Gasteiger partial charge in [0.05, 0.1) is 6.04 Å². The minimum absolute atomic E-state index is 0.214. The molecule has 2 aliphatic heterocycles. The fourth-order valence-electron chi connectivity index (χ4n) is 9.54. The summed E-state index contributed by atoms with van der Waals surface area (Å²) in [7, 11) is 0. The molecule has 2 atom stereocenters. The molecular formula is C57H43F3N6O5S2. The molecule has 0 saturated carbocycles. The van der Waals surface area contributed by atoms with Crippen molar-refractivity contribution in [3.63, 3.8) is 0 Å². The third-order valence-corrected chi connectivity index (χ3v) is 15.0. The molecule has 364 valence electrons. The number of carbonyl (C=O) groups is 3. The van der Waals surface area contributed by atoms with Crippen LogP contribution < -0.4 is 10.6 Å². The highest BCUT2D eigenvalue weighted by Gasteiger charge is 2.54. The number of fused-ring (bicyclic) bond motifs is 1. The van der Waals surface area contributed by atoms with Crippen molar-refractivity contribution >= 4 is 51.7 Å². The second-order valence-electron chi connectivity index (χ2n) is 17.1. The first-order valence-electron chi connectivity index (χ1n) is 23.1. The minimum atomic E-state index is -5.10. The second-order valence-corrected chi connectivity index (χ2v) is 19.3. The van der Waals surface area contributed by atoms with Crippen LogP contribution in [0.15, 0.2) is 227 Å². The molecule has 0 spiro atoms. The molecule has 1 fully saturated rings. The number of carboxylic acids is 1. The average Bonchev–Trinajstić information content (AvgIpc) is 3.86. The number of hydrogen-bond donors (Lipinski definition) is 3. The fourth-order valence-corrected chi connectivity index (χ4v) is 11.5. The molecule has 10 rings (SSSR count). The van der Waals surface area contributed by atoms with Crippen molar-refractivity contribution in [2.45, 2.75) is 47.1 Å². The largest absolute Gasteiger partial charge is 0.477 e. The fraction of sp³-hybridized carbons (Fsp3) is 0.123. The van der Waals surface area contributed by atoms with Crippen molar-refractivity contribution in [3.05, 3.63) is 261 Å². The summed E-state index contributed by atoms with van der Waals surface area (Å²) in [6.45, 7) is 0. The zero-order chi connectivity index (χ0) is 50.6. The summed E-state index contributed by atoms with van der Waals surface area (Å²) in [6, 6.07) is 55.9.